The fourth-order valence-corrected chi connectivity index (χ4v) is 3.14. The number of nitrogens with one attached hydrogen (secondary N) is 1. The lowest BCUT2D eigenvalue weighted by Gasteiger charge is -2.26. The van der Waals surface area contributed by atoms with Gasteiger partial charge in [0.05, 0.1) is 0 Å². The van der Waals surface area contributed by atoms with Gasteiger partial charge in [-0.1, -0.05) is 26.2 Å². The zero-order valence-corrected chi connectivity index (χ0v) is 11.6. The topological polar surface area (TPSA) is 12.0 Å². The van der Waals surface area contributed by atoms with E-state index in [0.29, 0.717) is 23.9 Å². The van der Waals surface area contributed by atoms with E-state index in [1.54, 1.807) is 0 Å². The molecule has 1 fully saturated rings. The maximum absolute atomic E-state index is 13.8. The monoisotopic (exact) mass is 267 g/mol. The first kappa shape index (κ1) is 14.4. The van der Waals surface area contributed by atoms with Gasteiger partial charge in [0, 0.05) is 6.04 Å². The normalized spacial score (nSPS) is 24.2. The summed E-state index contributed by atoms with van der Waals surface area (Å²) in [4.78, 5) is 0. The molecule has 1 aliphatic carbocycles. The molecule has 0 amide bonds. The Labute approximate surface area is 114 Å². The number of rotatable bonds is 4. The minimum absolute atomic E-state index is 0.277. The van der Waals surface area contributed by atoms with E-state index < -0.39 is 0 Å². The second kappa shape index (κ2) is 6.99. The molecule has 106 valence electrons. The van der Waals surface area contributed by atoms with E-state index in [1.165, 1.54) is 37.5 Å². The van der Waals surface area contributed by atoms with Gasteiger partial charge in [-0.15, -0.1) is 0 Å². The molecule has 0 aromatic heterocycles. The van der Waals surface area contributed by atoms with Crippen molar-refractivity contribution in [3.63, 3.8) is 0 Å². The molecule has 1 aromatic rings. The second-order valence-corrected chi connectivity index (χ2v) is 5.50. The third kappa shape index (κ3) is 4.00. The van der Waals surface area contributed by atoms with Crippen LogP contribution in [0.4, 0.5) is 8.78 Å². The lowest BCUT2D eigenvalue weighted by molar-refractivity contribution is 0.334. The summed E-state index contributed by atoms with van der Waals surface area (Å²) in [6, 6.07) is 4.22. The summed E-state index contributed by atoms with van der Waals surface area (Å²) in [5, 5.41) is 3.51. The van der Waals surface area contributed by atoms with Crippen LogP contribution in [0.3, 0.4) is 0 Å². The van der Waals surface area contributed by atoms with E-state index in [1.807, 2.05) is 0 Å². The van der Waals surface area contributed by atoms with Crippen LogP contribution >= 0.6 is 0 Å². The maximum atomic E-state index is 13.8. The Morgan fingerprint density at radius 2 is 1.95 bits per heavy atom. The molecule has 3 heteroatoms. The van der Waals surface area contributed by atoms with Gasteiger partial charge in [0.1, 0.15) is 11.6 Å². The van der Waals surface area contributed by atoms with Crippen molar-refractivity contribution in [1.82, 2.24) is 5.32 Å². The molecule has 2 atom stereocenters. The largest absolute Gasteiger partial charge is 0.314 e. The molecule has 1 aliphatic rings. The summed E-state index contributed by atoms with van der Waals surface area (Å²) in [7, 11) is 0. The average molecular weight is 267 g/mol. The summed E-state index contributed by atoms with van der Waals surface area (Å²) in [6.45, 7) is 3.04. The third-order valence-electron chi connectivity index (χ3n) is 4.12. The Balaban J connectivity index is 2.11. The summed E-state index contributed by atoms with van der Waals surface area (Å²) in [5.41, 5.74) is 0.523. The van der Waals surface area contributed by atoms with E-state index >= 15 is 0 Å². The van der Waals surface area contributed by atoms with Gasteiger partial charge in [-0.25, -0.2) is 8.78 Å². The molecular formula is C16H23F2N. The standard InChI is InChI=1S/C16H23F2N/c1-2-19-16-7-5-3-4-6-12(16)10-13-11-14(17)8-9-15(13)18/h8-9,11-12,16,19H,2-7,10H2,1H3. The van der Waals surface area contributed by atoms with Gasteiger partial charge >= 0.3 is 0 Å². The van der Waals surface area contributed by atoms with E-state index in [4.69, 9.17) is 0 Å². The quantitative estimate of drug-likeness (QED) is 0.811. The van der Waals surface area contributed by atoms with Crippen LogP contribution in [0.5, 0.6) is 0 Å². The highest BCUT2D eigenvalue weighted by Crippen LogP contribution is 2.27. The first-order chi connectivity index (χ1) is 9.20. The highest BCUT2D eigenvalue weighted by Gasteiger charge is 2.24. The number of benzene rings is 1. The molecule has 1 nitrogen and oxygen atoms in total. The van der Waals surface area contributed by atoms with Crippen LogP contribution in [-0.2, 0) is 6.42 Å². The Morgan fingerprint density at radius 3 is 2.74 bits per heavy atom. The maximum Gasteiger partial charge on any atom is 0.126 e. The number of halogens is 2. The van der Waals surface area contributed by atoms with Crippen molar-refractivity contribution < 1.29 is 8.78 Å². The van der Waals surface area contributed by atoms with Crippen molar-refractivity contribution in [3.8, 4) is 0 Å². The van der Waals surface area contributed by atoms with Crippen LogP contribution in [0.25, 0.3) is 0 Å². The van der Waals surface area contributed by atoms with E-state index in [2.05, 4.69) is 12.2 Å². The molecule has 0 heterocycles. The van der Waals surface area contributed by atoms with Crippen LogP contribution in [0.15, 0.2) is 18.2 Å². The van der Waals surface area contributed by atoms with Crippen LogP contribution < -0.4 is 5.32 Å². The zero-order chi connectivity index (χ0) is 13.7. The van der Waals surface area contributed by atoms with Gasteiger partial charge in [0.2, 0.25) is 0 Å². The van der Waals surface area contributed by atoms with E-state index in [-0.39, 0.29) is 11.6 Å². The summed E-state index contributed by atoms with van der Waals surface area (Å²) >= 11 is 0. The lowest BCUT2D eigenvalue weighted by Crippen LogP contribution is -2.36. The minimum Gasteiger partial charge on any atom is -0.314 e. The van der Waals surface area contributed by atoms with Crippen molar-refractivity contribution in [1.29, 1.82) is 0 Å². The molecule has 0 spiro atoms. The zero-order valence-electron chi connectivity index (χ0n) is 11.6. The van der Waals surface area contributed by atoms with Crippen LogP contribution in [0.2, 0.25) is 0 Å². The van der Waals surface area contributed by atoms with Crippen LogP contribution in [-0.4, -0.2) is 12.6 Å². The Kier molecular flexibility index (Phi) is 5.32. The van der Waals surface area contributed by atoms with Gasteiger partial charge in [-0.05, 0) is 55.5 Å². The van der Waals surface area contributed by atoms with Gasteiger partial charge in [0.25, 0.3) is 0 Å². The molecule has 0 bridgehead atoms. The lowest BCUT2D eigenvalue weighted by atomic mass is 9.88. The highest BCUT2D eigenvalue weighted by molar-refractivity contribution is 5.19. The SMILES string of the molecule is CCNC1CCCCCC1Cc1cc(F)ccc1F. The first-order valence-corrected chi connectivity index (χ1v) is 7.38. The molecule has 1 N–H and O–H groups in total. The molecule has 2 rings (SSSR count). The van der Waals surface area contributed by atoms with Crippen LogP contribution in [0, 0.1) is 17.6 Å². The van der Waals surface area contributed by atoms with E-state index in [9.17, 15) is 8.78 Å². The fourth-order valence-electron chi connectivity index (χ4n) is 3.14. The van der Waals surface area contributed by atoms with Gasteiger partial charge in [0.15, 0.2) is 0 Å². The van der Waals surface area contributed by atoms with Crippen molar-refractivity contribution in [2.45, 2.75) is 51.5 Å². The smallest absolute Gasteiger partial charge is 0.126 e. The molecule has 19 heavy (non-hydrogen) atoms. The average Bonchev–Trinajstić information content (AvgIpc) is 2.60. The van der Waals surface area contributed by atoms with Gasteiger partial charge in [-0.3, -0.25) is 0 Å². The van der Waals surface area contributed by atoms with Crippen molar-refractivity contribution in [3.05, 3.63) is 35.4 Å². The molecule has 2 unspecified atom stereocenters. The number of hydrogen-bond acceptors (Lipinski definition) is 1. The fraction of sp³-hybridized carbons (Fsp3) is 0.625. The predicted octanol–water partition coefficient (Wildman–Crippen LogP) is 4.07. The Bertz CT molecular complexity index is 406. The van der Waals surface area contributed by atoms with Crippen molar-refractivity contribution >= 4 is 0 Å². The second-order valence-electron chi connectivity index (χ2n) is 5.50. The molecule has 1 saturated carbocycles. The highest BCUT2D eigenvalue weighted by atomic mass is 19.1. The van der Waals surface area contributed by atoms with Crippen molar-refractivity contribution in [2.24, 2.45) is 5.92 Å². The molecule has 1 aromatic carbocycles. The number of hydrogen-bond donors (Lipinski definition) is 1. The van der Waals surface area contributed by atoms with E-state index in [0.717, 1.165) is 19.4 Å². The Morgan fingerprint density at radius 1 is 1.16 bits per heavy atom. The third-order valence-corrected chi connectivity index (χ3v) is 4.12. The summed E-state index contributed by atoms with van der Waals surface area (Å²) in [5.74, 6) is -0.204. The predicted molar refractivity (Wildman–Crippen MR) is 74.1 cm³/mol. The van der Waals surface area contributed by atoms with Crippen molar-refractivity contribution in [2.75, 3.05) is 6.54 Å². The summed E-state index contributed by atoms with van der Waals surface area (Å²) < 4.78 is 27.0. The molecular weight excluding hydrogens is 244 g/mol. The molecule has 0 radical (unpaired) electrons. The molecule has 0 aliphatic heterocycles. The summed E-state index contributed by atoms with van der Waals surface area (Å²) in [6.07, 6.45) is 6.58. The Hall–Kier alpha value is -0.960. The minimum atomic E-state index is -0.343. The molecule has 0 saturated heterocycles. The van der Waals surface area contributed by atoms with Crippen LogP contribution in [0.1, 0.15) is 44.6 Å². The van der Waals surface area contributed by atoms with Gasteiger partial charge < -0.3 is 5.32 Å². The first-order valence-electron chi connectivity index (χ1n) is 7.38. The van der Waals surface area contributed by atoms with Gasteiger partial charge in [-0.2, -0.15) is 0 Å².